The molecule has 196 valence electrons. The van der Waals surface area contributed by atoms with E-state index in [9.17, 15) is 22.4 Å². The molecule has 2 aliphatic rings. The number of piperidine rings is 1. The number of carbonyl (C=O) groups excluding carboxylic acids is 1. The third kappa shape index (κ3) is 5.88. The van der Waals surface area contributed by atoms with Gasteiger partial charge in [0, 0.05) is 24.8 Å². The van der Waals surface area contributed by atoms with Crippen molar-refractivity contribution in [2.24, 2.45) is 0 Å². The molecule has 1 saturated carbocycles. The molecule has 1 aliphatic carbocycles. The van der Waals surface area contributed by atoms with E-state index in [-0.39, 0.29) is 35.8 Å². The number of aromatic nitrogens is 4. The molecule has 0 unspecified atom stereocenters. The topological polar surface area (TPSA) is 79.5 Å². The van der Waals surface area contributed by atoms with Gasteiger partial charge in [-0.1, -0.05) is 12.0 Å². The highest BCUT2D eigenvalue weighted by molar-refractivity contribution is 5.93. The average Bonchev–Trinajstić information content (AvgIpc) is 3.47. The van der Waals surface area contributed by atoms with Gasteiger partial charge in [0.1, 0.15) is 17.7 Å². The van der Waals surface area contributed by atoms with Crippen LogP contribution in [-0.4, -0.2) is 75.3 Å². The summed E-state index contributed by atoms with van der Waals surface area (Å²) in [5.41, 5.74) is 0.532. The molecule has 12 heteroatoms. The Labute approximate surface area is 211 Å². The summed E-state index contributed by atoms with van der Waals surface area (Å²) >= 11 is 0. The van der Waals surface area contributed by atoms with Crippen molar-refractivity contribution >= 4 is 17.2 Å². The fraction of sp³-hybridized carbons (Fsp3) is 0.480. The molecular weight excluding hydrogens is 490 g/mol. The van der Waals surface area contributed by atoms with Crippen molar-refractivity contribution in [2.75, 3.05) is 32.0 Å². The molecule has 4 heterocycles. The molecule has 3 aromatic heterocycles. The number of carbonyl (C=O) groups is 1. The molecule has 2 atom stereocenters. The molecule has 0 bridgehead atoms. The van der Waals surface area contributed by atoms with Gasteiger partial charge >= 0.3 is 6.18 Å². The number of alkyl halides is 4. The molecule has 8 nitrogen and oxygen atoms in total. The summed E-state index contributed by atoms with van der Waals surface area (Å²) in [6.45, 7) is 0.906. The zero-order valence-electron chi connectivity index (χ0n) is 20.2. The van der Waals surface area contributed by atoms with Crippen molar-refractivity contribution in [1.82, 2.24) is 29.6 Å². The van der Waals surface area contributed by atoms with E-state index in [4.69, 9.17) is 0 Å². The Morgan fingerprint density at radius 1 is 1.24 bits per heavy atom. The minimum atomic E-state index is -4.47. The van der Waals surface area contributed by atoms with E-state index in [1.165, 1.54) is 16.8 Å². The van der Waals surface area contributed by atoms with E-state index in [0.717, 1.165) is 12.8 Å². The van der Waals surface area contributed by atoms with Crippen LogP contribution in [0.4, 0.5) is 23.4 Å². The predicted octanol–water partition coefficient (Wildman–Crippen LogP) is 3.21. The van der Waals surface area contributed by atoms with Crippen LogP contribution < -0.4 is 10.6 Å². The Hall–Kier alpha value is -3.59. The highest BCUT2D eigenvalue weighted by atomic mass is 19.4. The summed E-state index contributed by atoms with van der Waals surface area (Å²) in [4.78, 5) is 14.2. The number of pyridine rings is 1. The summed E-state index contributed by atoms with van der Waals surface area (Å²) in [6, 6.07) is 4.66. The maximum absolute atomic E-state index is 14.6. The van der Waals surface area contributed by atoms with Gasteiger partial charge in [-0.15, -0.1) is 0 Å². The smallest absolute Gasteiger partial charge is 0.364 e. The standard InChI is InChI=1S/C25H27F4N7O/c1-34-11-9-21(19(26)15-34)32-23-6-2-5-22-18(12-25(27,28)29)20(33-36(22)23)4-3-10-30-24(37)16-13-31-35(14-16)17-7-8-17/h2,5-6,13-14,17,19,21,32H,7-12,15H2,1H3,(H,30,37)/t19-,21+/m0/s1. The quantitative estimate of drug-likeness (QED) is 0.388. The van der Waals surface area contributed by atoms with E-state index < -0.39 is 24.8 Å². The number of anilines is 1. The largest absolute Gasteiger partial charge is 0.393 e. The summed E-state index contributed by atoms with van der Waals surface area (Å²) < 4.78 is 57.9. The number of rotatable bonds is 6. The first-order valence-electron chi connectivity index (χ1n) is 12.2. The second kappa shape index (κ2) is 10.0. The number of hydrogen-bond acceptors (Lipinski definition) is 5. The molecule has 1 aliphatic heterocycles. The number of amides is 1. The van der Waals surface area contributed by atoms with Gasteiger partial charge in [-0.3, -0.25) is 9.48 Å². The summed E-state index contributed by atoms with van der Waals surface area (Å²) in [7, 11) is 1.84. The van der Waals surface area contributed by atoms with Crippen LogP contribution in [0.2, 0.25) is 0 Å². The molecule has 2 fully saturated rings. The molecule has 3 aromatic rings. The fourth-order valence-electron chi connectivity index (χ4n) is 4.46. The van der Waals surface area contributed by atoms with Gasteiger partial charge in [-0.25, -0.2) is 8.91 Å². The molecule has 0 aromatic carbocycles. The van der Waals surface area contributed by atoms with Crippen LogP contribution in [0.3, 0.4) is 0 Å². The van der Waals surface area contributed by atoms with Crippen LogP contribution in [0.1, 0.15) is 46.9 Å². The highest BCUT2D eigenvalue weighted by Gasteiger charge is 2.32. The minimum Gasteiger partial charge on any atom is -0.364 e. The third-order valence-electron chi connectivity index (χ3n) is 6.54. The number of nitrogens with zero attached hydrogens (tertiary/aromatic N) is 5. The maximum Gasteiger partial charge on any atom is 0.393 e. The van der Waals surface area contributed by atoms with E-state index in [0.29, 0.717) is 30.4 Å². The van der Waals surface area contributed by atoms with Crippen LogP contribution in [0.15, 0.2) is 30.6 Å². The normalized spacial score (nSPS) is 20.5. The van der Waals surface area contributed by atoms with Gasteiger partial charge < -0.3 is 15.5 Å². The first kappa shape index (κ1) is 25.1. The first-order chi connectivity index (χ1) is 17.7. The predicted molar refractivity (Wildman–Crippen MR) is 129 cm³/mol. The Bertz CT molecular complexity index is 1350. The lowest BCUT2D eigenvalue weighted by Crippen LogP contribution is -2.46. The van der Waals surface area contributed by atoms with Crippen LogP contribution in [-0.2, 0) is 6.42 Å². The Morgan fingerprint density at radius 3 is 2.78 bits per heavy atom. The summed E-state index contributed by atoms with van der Waals surface area (Å²) in [5, 5.41) is 14.3. The van der Waals surface area contributed by atoms with E-state index in [1.54, 1.807) is 23.0 Å². The maximum atomic E-state index is 14.6. The van der Waals surface area contributed by atoms with Gasteiger partial charge in [0.25, 0.3) is 5.91 Å². The summed E-state index contributed by atoms with van der Waals surface area (Å²) in [6.07, 6.45) is -1.03. The number of hydrogen-bond donors (Lipinski definition) is 2. The molecule has 2 N–H and O–H groups in total. The van der Waals surface area contributed by atoms with Gasteiger partial charge in [0.2, 0.25) is 0 Å². The van der Waals surface area contributed by atoms with E-state index in [2.05, 4.69) is 32.7 Å². The van der Waals surface area contributed by atoms with Gasteiger partial charge in [0.15, 0.2) is 0 Å². The van der Waals surface area contributed by atoms with Crippen molar-refractivity contribution in [3.63, 3.8) is 0 Å². The lowest BCUT2D eigenvalue weighted by atomic mass is 10.0. The van der Waals surface area contributed by atoms with Gasteiger partial charge in [0.05, 0.1) is 42.3 Å². The molecule has 1 saturated heterocycles. The Balaban J connectivity index is 1.35. The number of fused-ring (bicyclic) bond motifs is 1. The van der Waals surface area contributed by atoms with Crippen molar-refractivity contribution in [1.29, 1.82) is 0 Å². The second-order valence-electron chi connectivity index (χ2n) is 9.57. The molecule has 1 amide bonds. The van der Waals surface area contributed by atoms with Crippen LogP contribution in [0, 0.1) is 11.8 Å². The first-order valence-corrected chi connectivity index (χ1v) is 12.2. The van der Waals surface area contributed by atoms with Crippen molar-refractivity contribution in [2.45, 2.75) is 50.1 Å². The minimum absolute atomic E-state index is 0.0393. The zero-order chi connectivity index (χ0) is 26.2. The number of halogens is 4. The molecule has 37 heavy (non-hydrogen) atoms. The van der Waals surface area contributed by atoms with Crippen LogP contribution in [0.5, 0.6) is 0 Å². The van der Waals surface area contributed by atoms with E-state index >= 15 is 0 Å². The van der Waals surface area contributed by atoms with E-state index in [1.807, 2.05) is 11.9 Å². The molecule has 5 rings (SSSR count). The van der Waals surface area contributed by atoms with Crippen molar-refractivity contribution < 1.29 is 22.4 Å². The number of likely N-dealkylation sites (tertiary alicyclic amines) is 1. The highest BCUT2D eigenvalue weighted by Crippen LogP contribution is 2.34. The van der Waals surface area contributed by atoms with Crippen LogP contribution >= 0.6 is 0 Å². The van der Waals surface area contributed by atoms with Gasteiger partial charge in [-0.05, 0) is 44.4 Å². The third-order valence-corrected chi connectivity index (χ3v) is 6.54. The van der Waals surface area contributed by atoms with Gasteiger partial charge in [-0.2, -0.15) is 23.4 Å². The van der Waals surface area contributed by atoms with Crippen molar-refractivity contribution in [3.8, 4) is 11.8 Å². The summed E-state index contributed by atoms with van der Waals surface area (Å²) in [5.74, 6) is 5.42. The number of nitrogens with one attached hydrogen (secondary N) is 2. The Morgan fingerprint density at radius 2 is 2.05 bits per heavy atom. The monoisotopic (exact) mass is 517 g/mol. The molecular formula is C25H27F4N7O. The average molecular weight is 518 g/mol. The Kier molecular flexibility index (Phi) is 6.81. The zero-order valence-corrected chi connectivity index (χ0v) is 20.2. The fourth-order valence-corrected chi connectivity index (χ4v) is 4.46. The second-order valence-corrected chi connectivity index (χ2v) is 9.57. The van der Waals surface area contributed by atoms with Crippen molar-refractivity contribution in [3.05, 3.63) is 47.4 Å². The molecule has 0 spiro atoms. The lowest BCUT2D eigenvalue weighted by Gasteiger charge is -2.33. The molecule has 0 radical (unpaired) electrons. The SMILES string of the molecule is CN1CC[C@@H](Nc2cccc3c(CC(F)(F)F)c(C#CCNC(=O)c4cnn(C5CC5)c4)nn23)[C@@H](F)C1. The van der Waals surface area contributed by atoms with Crippen LogP contribution in [0.25, 0.3) is 5.52 Å². The lowest BCUT2D eigenvalue weighted by molar-refractivity contribution is -0.127.